The largest absolute Gasteiger partial charge is 0.494 e. The number of carbonyl (C=O) groups excluding carboxylic acids is 1. The molecule has 2 N–H and O–H groups in total. The summed E-state index contributed by atoms with van der Waals surface area (Å²) in [6.45, 7) is 8.05. The van der Waals surface area contributed by atoms with Gasteiger partial charge in [0.05, 0.1) is 23.0 Å². The first-order chi connectivity index (χ1) is 19.3. The van der Waals surface area contributed by atoms with Crippen LogP contribution in [-0.2, 0) is 20.3 Å². The van der Waals surface area contributed by atoms with Crippen molar-refractivity contribution < 1.29 is 22.7 Å². The van der Waals surface area contributed by atoms with E-state index in [0.717, 1.165) is 5.69 Å². The van der Waals surface area contributed by atoms with Crippen LogP contribution in [0.3, 0.4) is 0 Å². The molecule has 0 unspecified atom stereocenters. The van der Waals surface area contributed by atoms with E-state index in [1.54, 1.807) is 36.4 Å². The van der Waals surface area contributed by atoms with Gasteiger partial charge in [-0.1, -0.05) is 18.2 Å². The fourth-order valence-electron chi connectivity index (χ4n) is 4.27. The number of nitrogens with zero attached hydrogens (tertiary/aromatic N) is 4. The third kappa shape index (κ3) is 8.46. The fourth-order valence-corrected chi connectivity index (χ4v) is 5.37. The first kappa shape index (κ1) is 30.4. The Balaban J connectivity index is 1.46. The lowest BCUT2D eigenvalue weighted by Gasteiger charge is -2.37. The van der Waals surface area contributed by atoms with E-state index in [2.05, 4.69) is 41.4 Å². The van der Waals surface area contributed by atoms with E-state index in [1.807, 2.05) is 45.0 Å². The van der Waals surface area contributed by atoms with Crippen LogP contribution in [0, 0.1) is 0 Å². The quantitative estimate of drug-likeness (QED) is 0.331. The highest BCUT2D eigenvalue weighted by Crippen LogP contribution is 2.33. The van der Waals surface area contributed by atoms with Gasteiger partial charge in [-0.3, -0.25) is 0 Å². The number of carbonyl (C=O) groups is 1. The van der Waals surface area contributed by atoms with Crippen molar-refractivity contribution in [2.45, 2.75) is 32.1 Å². The van der Waals surface area contributed by atoms with Gasteiger partial charge in [0.2, 0.25) is 5.95 Å². The molecule has 1 saturated heterocycles. The van der Waals surface area contributed by atoms with Crippen molar-refractivity contribution in [3.63, 3.8) is 0 Å². The number of para-hydroxylation sites is 1. The molecule has 0 bridgehead atoms. The SMILES string of the molecule is COc1cc(N2CCN(C(=O)OC(C)(C)C)CC2)ccc1Nc1ncc(Br)c(Nc2ccccc2CS(C)(=O)=O)n1. The summed E-state index contributed by atoms with van der Waals surface area (Å²) in [4.78, 5) is 25.3. The van der Waals surface area contributed by atoms with Crippen molar-refractivity contribution in [2.75, 3.05) is 55.1 Å². The summed E-state index contributed by atoms with van der Waals surface area (Å²) in [5.74, 6) is 1.32. The highest BCUT2D eigenvalue weighted by atomic mass is 79.9. The molecule has 0 radical (unpaired) electrons. The third-order valence-electron chi connectivity index (χ3n) is 6.16. The van der Waals surface area contributed by atoms with Crippen LogP contribution in [-0.4, -0.2) is 74.5 Å². The van der Waals surface area contributed by atoms with Gasteiger partial charge in [0, 0.05) is 56.1 Å². The van der Waals surface area contributed by atoms with Gasteiger partial charge in [-0.2, -0.15) is 4.98 Å². The molecule has 2 heterocycles. The van der Waals surface area contributed by atoms with Crippen molar-refractivity contribution in [3.05, 3.63) is 58.7 Å². The molecule has 2 aromatic carbocycles. The van der Waals surface area contributed by atoms with Crippen LogP contribution in [0.2, 0.25) is 0 Å². The lowest BCUT2D eigenvalue weighted by atomic mass is 10.2. The number of benzene rings is 2. The third-order valence-corrected chi connectivity index (χ3v) is 7.58. The molecular weight excluding hydrogens is 612 g/mol. The number of halogens is 1. The van der Waals surface area contributed by atoms with Crippen LogP contribution in [0.5, 0.6) is 5.75 Å². The maximum atomic E-state index is 12.4. The molecule has 4 rings (SSSR count). The number of amides is 1. The van der Waals surface area contributed by atoms with E-state index >= 15 is 0 Å². The van der Waals surface area contributed by atoms with E-state index < -0.39 is 15.4 Å². The maximum Gasteiger partial charge on any atom is 0.410 e. The summed E-state index contributed by atoms with van der Waals surface area (Å²) in [5, 5.41) is 6.43. The van der Waals surface area contributed by atoms with E-state index in [0.29, 0.717) is 65.1 Å². The number of ether oxygens (including phenoxy) is 2. The predicted molar refractivity (Wildman–Crippen MR) is 164 cm³/mol. The molecule has 41 heavy (non-hydrogen) atoms. The Morgan fingerprint density at radius 1 is 1.05 bits per heavy atom. The van der Waals surface area contributed by atoms with Gasteiger partial charge in [0.15, 0.2) is 9.84 Å². The molecule has 0 saturated carbocycles. The van der Waals surface area contributed by atoms with Crippen LogP contribution in [0.25, 0.3) is 0 Å². The van der Waals surface area contributed by atoms with Crippen LogP contribution >= 0.6 is 15.9 Å². The zero-order valence-electron chi connectivity index (χ0n) is 23.8. The summed E-state index contributed by atoms with van der Waals surface area (Å²) in [6, 6.07) is 13.0. The van der Waals surface area contributed by atoms with E-state index in [1.165, 1.54) is 6.26 Å². The van der Waals surface area contributed by atoms with E-state index in [-0.39, 0.29) is 11.8 Å². The summed E-state index contributed by atoms with van der Waals surface area (Å²) < 4.78 is 35.6. The number of nitrogens with one attached hydrogen (secondary N) is 2. The van der Waals surface area contributed by atoms with Crippen LogP contribution in [0.4, 0.5) is 33.6 Å². The molecule has 1 aromatic heterocycles. The first-order valence-electron chi connectivity index (χ1n) is 13.0. The highest BCUT2D eigenvalue weighted by Gasteiger charge is 2.26. The summed E-state index contributed by atoms with van der Waals surface area (Å²) in [5.41, 5.74) is 2.39. The molecule has 0 atom stereocenters. The molecule has 1 fully saturated rings. The van der Waals surface area contributed by atoms with Gasteiger partial charge in [0.25, 0.3) is 0 Å². The molecule has 1 amide bonds. The molecule has 13 heteroatoms. The number of hydrogen-bond acceptors (Lipinski definition) is 10. The van der Waals surface area contributed by atoms with Crippen LogP contribution in [0.15, 0.2) is 53.1 Å². The molecular formula is C28H35BrN6O5S. The summed E-state index contributed by atoms with van der Waals surface area (Å²) >= 11 is 3.47. The first-order valence-corrected chi connectivity index (χ1v) is 15.9. The van der Waals surface area contributed by atoms with Crippen molar-refractivity contribution in [3.8, 4) is 5.75 Å². The number of hydrogen-bond donors (Lipinski definition) is 2. The molecule has 0 spiro atoms. The fraction of sp³-hybridized carbons (Fsp3) is 0.393. The smallest absolute Gasteiger partial charge is 0.410 e. The molecule has 220 valence electrons. The Morgan fingerprint density at radius 3 is 2.41 bits per heavy atom. The molecule has 1 aliphatic rings. The summed E-state index contributed by atoms with van der Waals surface area (Å²) in [7, 11) is -1.62. The van der Waals surface area contributed by atoms with Gasteiger partial charge in [-0.05, 0) is 60.5 Å². The molecule has 1 aliphatic heterocycles. The second kappa shape index (κ2) is 12.5. The van der Waals surface area contributed by atoms with Gasteiger partial charge < -0.3 is 29.9 Å². The van der Waals surface area contributed by atoms with Gasteiger partial charge in [-0.15, -0.1) is 0 Å². The Morgan fingerprint density at radius 2 is 1.76 bits per heavy atom. The lowest BCUT2D eigenvalue weighted by Crippen LogP contribution is -2.50. The Hall–Kier alpha value is -3.58. The predicted octanol–water partition coefficient (Wildman–Crippen LogP) is 5.34. The van der Waals surface area contributed by atoms with Crippen molar-refractivity contribution >= 4 is 60.7 Å². The van der Waals surface area contributed by atoms with Crippen LogP contribution in [0.1, 0.15) is 26.3 Å². The minimum absolute atomic E-state index is 0.0937. The second-order valence-electron chi connectivity index (χ2n) is 10.7. The lowest BCUT2D eigenvalue weighted by molar-refractivity contribution is 0.0240. The average Bonchev–Trinajstić information content (AvgIpc) is 2.90. The second-order valence-corrected chi connectivity index (χ2v) is 13.7. The van der Waals surface area contributed by atoms with E-state index in [4.69, 9.17) is 9.47 Å². The molecule has 3 aromatic rings. The van der Waals surface area contributed by atoms with Crippen molar-refractivity contribution in [2.24, 2.45) is 0 Å². The van der Waals surface area contributed by atoms with Crippen LogP contribution < -0.4 is 20.3 Å². The Labute approximate surface area is 249 Å². The standard InChI is InChI=1S/C28H35BrN6O5S/c1-28(2,3)40-27(36)35-14-12-34(13-15-35)20-10-11-23(24(16-20)39-4)32-26-30-17-21(29)25(33-26)31-22-9-7-6-8-19(22)18-41(5,37)38/h6-11,16-17H,12-15,18H2,1-5H3,(H2,30,31,32,33). The number of anilines is 5. The minimum atomic E-state index is -3.22. The zero-order chi connectivity index (χ0) is 29.8. The normalized spacial score (nSPS) is 14.0. The maximum absolute atomic E-state index is 12.4. The zero-order valence-corrected chi connectivity index (χ0v) is 26.2. The number of rotatable bonds is 8. The molecule has 11 nitrogen and oxygen atoms in total. The number of methoxy groups -OCH3 is 1. The Bertz CT molecular complexity index is 1500. The average molecular weight is 648 g/mol. The van der Waals surface area contributed by atoms with Crippen molar-refractivity contribution in [1.82, 2.24) is 14.9 Å². The molecule has 0 aliphatic carbocycles. The number of sulfone groups is 1. The van der Waals surface area contributed by atoms with E-state index in [9.17, 15) is 13.2 Å². The number of piperazine rings is 1. The highest BCUT2D eigenvalue weighted by molar-refractivity contribution is 9.10. The Kier molecular flexibility index (Phi) is 9.27. The topological polar surface area (TPSA) is 126 Å². The number of aromatic nitrogens is 2. The van der Waals surface area contributed by atoms with Gasteiger partial charge >= 0.3 is 6.09 Å². The summed E-state index contributed by atoms with van der Waals surface area (Å²) in [6.07, 6.45) is 2.52. The monoisotopic (exact) mass is 646 g/mol. The van der Waals surface area contributed by atoms with Crippen molar-refractivity contribution in [1.29, 1.82) is 0 Å². The minimum Gasteiger partial charge on any atom is -0.494 e. The van der Waals surface area contributed by atoms with Gasteiger partial charge in [-0.25, -0.2) is 18.2 Å². The van der Waals surface area contributed by atoms with Gasteiger partial charge in [0.1, 0.15) is 17.2 Å².